The van der Waals surface area contributed by atoms with Crippen LogP contribution in [0.3, 0.4) is 0 Å². The highest BCUT2D eigenvalue weighted by molar-refractivity contribution is 9.10. The van der Waals surface area contributed by atoms with Crippen LogP contribution < -0.4 is 15.8 Å². The van der Waals surface area contributed by atoms with Gasteiger partial charge in [0.05, 0.1) is 22.8 Å². The number of nitrogen functional groups attached to an aromatic ring is 1. The van der Waals surface area contributed by atoms with E-state index in [1.807, 2.05) is 12.1 Å². The van der Waals surface area contributed by atoms with E-state index in [1.165, 1.54) is 0 Å². The van der Waals surface area contributed by atoms with Gasteiger partial charge in [0.25, 0.3) is 5.91 Å². The second-order valence-corrected chi connectivity index (χ2v) is 5.48. The zero-order valence-corrected chi connectivity index (χ0v) is 13.4. The van der Waals surface area contributed by atoms with Crippen molar-refractivity contribution in [3.63, 3.8) is 0 Å². The number of benzene rings is 2. The average Bonchev–Trinajstić information content (AvgIpc) is 2.48. The summed E-state index contributed by atoms with van der Waals surface area (Å²) in [5.74, 6) is 0.359. The summed E-state index contributed by atoms with van der Waals surface area (Å²) in [5, 5.41) is 3.14. The molecule has 1 amide bonds. The Kier molecular flexibility index (Phi) is 5.47. The molecule has 0 aliphatic heterocycles. The van der Waals surface area contributed by atoms with Crippen LogP contribution in [-0.4, -0.2) is 19.1 Å². The maximum Gasteiger partial charge on any atom is 0.252 e. The zero-order chi connectivity index (χ0) is 15.2. The van der Waals surface area contributed by atoms with Gasteiger partial charge in [-0.1, -0.05) is 29.8 Å². The van der Waals surface area contributed by atoms with Gasteiger partial charge >= 0.3 is 0 Å². The molecule has 2 aromatic carbocycles. The number of nitrogens with one attached hydrogen (secondary N) is 1. The number of rotatable bonds is 5. The minimum Gasteiger partial charge on any atom is -0.490 e. The largest absolute Gasteiger partial charge is 0.490 e. The van der Waals surface area contributed by atoms with Crippen LogP contribution in [0.1, 0.15) is 10.4 Å². The summed E-state index contributed by atoms with van der Waals surface area (Å²) in [7, 11) is 0. The summed E-state index contributed by atoms with van der Waals surface area (Å²) < 4.78 is 6.18. The van der Waals surface area contributed by atoms with Gasteiger partial charge < -0.3 is 15.8 Å². The molecule has 0 aliphatic rings. The molecule has 0 radical (unpaired) electrons. The number of amides is 1. The van der Waals surface area contributed by atoms with Crippen LogP contribution in [-0.2, 0) is 0 Å². The molecular formula is C15H14BrClN2O2. The van der Waals surface area contributed by atoms with E-state index in [4.69, 9.17) is 22.1 Å². The fourth-order valence-corrected chi connectivity index (χ4v) is 2.29. The molecule has 110 valence electrons. The quantitative estimate of drug-likeness (QED) is 0.626. The molecule has 0 aromatic heterocycles. The standard InChI is InChI=1S/C15H14BrClN2O2/c16-11-5-3-4-10(14(11)17)15(20)19-8-9-21-13-7-2-1-6-12(13)18/h1-7H,8-9,18H2,(H,19,20). The van der Waals surface area contributed by atoms with E-state index in [1.54, 1.807) is 30.3 Å². The Morgan fingerprint density at radius 2 is 2.00 bits per heavy atom. The van der Waals surface area contributed by atoms with Crippen LogP contribution in [0.2, 0.25) is 5.02 Å². The van der Waals surface area contributed by atoms with Crippen molar-refractivity contribution in [2.75, 3.05) is 18.9 Å². The van der Waals surface area contributed by atoms with E-state index < -0.39 is 0 Å². The molecule has 0 saturated heterocycles. The molecule has 21 heavy (non-hydrogen) atoms. The Balaban J connectivity index is 1.85. The number of halogens is 2. The van der Waals surface area contributed by atoms with Crippen molar-refractivity contribution in [3.05, 3.63) is 57.5 Å². The zero-order valence-electron chi connectivity index (χ0n) is 11.1. The summed E-state index contributed by atoms with van der Waals surface area (Å²) in [4.78, 5) is 12.0. The predicted molar refractivity (Wildman–Crippen MR) is 87.8 cm³/mol. The first-order chi connectivity index (χ1) is 10.1. The Morgan fingerprint density at radius 3 is 2.76 bits per heavy atom. The van der Waals surface area contributed by atoms with Gasteiger partial charge in [0.15, 0.2) is 0 Å². The molecule has 0 aliphatic carbocycles. The third kappa shape index (κ3) is 4.12. The number of para-hydroxylation sites is 2. The minimum absolute atomic E-state index is 0.245. The molecule has 0 heterocycles. The number of anilines is 1. The lowest BCUT2D eigenvalue weighted by Gasteiger charge is -2.10. The van der Waals surface area contributed by atoms with Gasteiger partial charge in [-0.25, -0.2) is 0 Å². The van der Waals surface area contributed by atoms with E-state index in [0.717, 1.165) is 0 Å². The molecule has 0 unspecified atom stereocenters. The normalized spacial score (nSPS) is 10.2. The molecule has 0 saturated carbocycles. The van der Waals surface area contributed by atoms with Gasteiger partial charge in [-0.15, -0.1) is 0 Å². The van der Waals surface area contributed by atoms with Gasteiger partial charge in [-0.2, -0.15) is 0 Å². The third-order valence-electron chi connectivity index (χ3n) is 2.76. The average molecular weight is 370 g/mol. The second-order valence-electron chi connectivity index (χ2n) is 4.24. The number of ether oxygens (including phenoxy) is 1. The molecule has 4 nitrogen and oxygen atoms in total. The first kappa shape index (κ1) is 15.7. The van der Waals surface area contributed by atoms with Crippen molar-refractivity contribution in [1.29, 1.82) is 0 Å². The van der Waals surface area contributed by atoms with Crippen LogP contribution in [0.15, 0.2) is 46.9 Å². The summed E-state index contributed by atoms with van der Waals surface area (Å²) in [6, 6.07) is 12.4. The van der Waals surface area contributed by atoms with Crippen LogP contribution in [0.4, 0.5) is 5.69 Å². The van der Waals surface area contributed by atoms with E-state index in [9.17, 15) is 4.79 Å². The summed E-state index contributed by atoms with van der Waals surface area (Å²) in [6.45, 7) is 0.682. The van der Waals surface area contributed by atoms with Gasteiger partial charge in [0.1, 0.15) is 12.4 Å². The molecule has 3 N–H and O–H groups in total. The maximum absolute atomic E-state index is 12.0. The van der Waals surface area contributed by atoms with Crippen molar-refractivity contribution < 1.29 is 9.53 Å². The number of hydrogen-bond donors (Lipinski definition) is 2. The van der Waals surface area contributed by atoms with E-state index >= 15 is 0 Å². The highest BCUT2D eigenvalue weighted by Crippen LogP contribution is 2.25. The van der Waals surface area contributed by atoms with Gasteiger partial charge in [-0.05, 0) is 40.2 Å². The number of nitrogens with two attached hydrogens (primary N) is 1. The summed E-state index contributed by atoms with van der Waals surface area (Å²) in [5.41, 5.74) is 6.75. The lowest BCUT2D eigenvalue weighted by Crippen LogP contribution is -2.28. The number of hydrogen-bond acceptors (Lipinski definition) is 3. The molecule has 0 atom stereocenters. The Bertz CT molecular complexity index is 649. The van der Waals surface area contributed by atoms with Crippen molar-refractivity contribution in [2.24, 2.45) is 0 Å². The lowest BCUT2D eigenvalue weighted by molar-refractivity contribution is 0.0947. The topological polar surface area (TPSA) is 64.3 Å². The third-order valence-corrected chi connectivity index (χ3v) is 4.06. The van der Waals surface area contributed by atoms with E-state index in [0.29, 0.717) is 39.6 Å². The predicted octanol–water partition coefficient (Wildman–Crippen LogP) is 3.49. The fourth-order valence-electron chi connectivity index (χ4n) is 1.71. The van der Waals surface area contributed by atoms with Crippen LogP contribution in [0.25, 0.3) is 0 Å². The van der Waals surface area contributed by atoms with Crippen molar-refractivity contribution in [1.82, 2.24) is 5.32 Å². The molecular weight excluding hydrogens is 356 g/mol. The smallest absolute Gasteiger partial charge is 0.252 e. The van der Waals surface area contributed by atoms with Crippen LogP contribution >= 0.6 is 27.5 Å². The maximum atomic E-state index is 12.0. The Morgan fingerprint density at radius 1 is 1.24 bits per heavy atom. The number of carbonyl (C=O) groups is 1. The van der Waals surface area contributed by atoms with Crippen molar-refractivity contribution >= 4 is 39.1 Å². The first-order valence-corrected chi connectivity index (χ1v) is 7.46. The highest BCUT2D eigenvalue weighted by Gasteiger charge is 2.11. The highest BCUT2D eigenvalue weighted by atomic mass is 79.9. The minimum atomic E-state index is -0.245. The summed E-state index contributed by atoms with van der Waals surface area (Å²) in [6.07, 6.45) is 0. The first-order valence-electron chi connectivity index (χ1n) is 6.29. The molecule has 2 rings (SSSR count). The monoisotopic (exact) mass is 368 g/mol. The molecule has 0 bridgehead atoms. The second kappa shape index (κ2) is 7.33. The van der Waals surface area contributed by atoms with Gasteiger partial charge in [-0.3, -0.25) is 4.79 Å². The SMILES string of the molecule is Nc1ccccc1OCCNC(=O)c1cccc(Br)c1Cl. The van der Waals surface area contributed by atoms with Crippen molar-refractivity contribution in [2.45, 2.75) is 0 Å². The van der Waals surface area contributed by atoms with Crippen LogP contribution in [0.5, 0.6) is 5.75 Å². The lowest BCUT2D eigenvalue weighted by atomic mass is 10.2. The summed E-state index contributed by atoms with van der Waals surface area (Å²) >= 11 is 9.35. The molecule has 2 aromatic rings. The molecule has 6 heteroatoms. The fraction of sp³-hybridized carbons (Fsp3) is 0.133. The van der Waals surface area contributed by atoms with E-state index in [2.05, 4.69) is 21.2 Å². The van der Waals surface area contributed by atoms with Crippen LogP contribution in [0, 0.1) is 0 Å². The number of carbonyl (C=O) groups excluding carboxylic acids is 1. The Labute approximate surface area is 136 Å². The van der Waals surface area contributed by atoms with E-state index in [-0.39, 0.29) is 5.91 Å². The van der Waals surface area contributed by atoms with Gasteiger partial charge in [0.2, 0.25) is 0 Å². The molecule has 0 fully saturated rings. The molecule has 0 spiro atoms. The van der Waals surface area contributed by atoms with Gasteiger partial charge in [0, 0.05) is 4.47 Å². The Hall–Kier alpha value is -1.72. The van der Waals surface area contributed by atoms with Crippen molar-refractivity contribution in [3.8, 4) is 5.75 Å².